The molecule has 2 unspecified atom stereocenters. The fraction of sp³-hybridized carbons (Fsp3) is 0.538. The molecule has 1 fully saturated rings. The van der Waals surface area contributed by atoms with Crippen molar-refractivity contribution < 1.29 is 0 Å². The quantitative estimate of drug-likeness (QED) is 0.760. The lowest BCUT2D eigenvalue weighted by atomic mass is 9.90. The molecule has 2 rings (SSSR count). The molecule has 0 radical (unpaired) electrons. The molecule has 0 aromatic heterocycles. The van der Waals surface area contributed by atoms with Crippen molar-refractivity contribution in [2.75, 3.05) is 6.54 Å². The van der Waals surface area contributed by atoms with Crippen LogP contribution in [0.5, 0.6) is 0 Å². The van der Waals surface area contributed by atoms with E-state index < -0.39 is 0 Å². The third-order valence-electron chi connectivity index (χ3n) is 3.70. The van der Waals surface area contributed by atoms with Gasteiger partial charge in [-0.2, -0.15) is 0 Å². The fourth-order valence-electron chi connectivity index (χ4n) is 2.48. The van der Waals surface area contributed by atoms with Gasteiger partial charge in [0.2, 0.25) is 0 Å². The molecule has 1 saturated carbocycles. The first kappa shape index (κ1) is 9.72. The van der Waals surface area contributed by atoms with Gasteiger partial charge in [-0.15, -0.1) is 0 Å². The molecule has 1 aliphatic carbocycles. The van der Waals surface area contributed by atoms with Gasteiger partial charge in [0.25, 0.3) is 0 Å². The summed E-state index contributed by atoms with van der Waals surface area (Å²) in [6.07, 6.45) is 1.26. The Morgan fingerprint density at radius 3 is 2.71 bits per heavy atom. The van der Waals surface area contributed by atoms with E-state index in [0.29, 0.717) is 11.3 Å². The highest BCUT2D eigenvalue weighted by atomic mass is 14.7. The molecule has 0 amide bonds. The summed E-state index contributed by atoms with van der Waals surface area (Å²) in [6.45, 7) is 7.52. The van der Waals surface area contributed by atoms with Crippen molar-refractivity contribution in [1.29, 1.82) is 0 Å². The zero-order valence-corrected chi connectivity index (χ0v) is 9.30. The first-order valence-corrected chi connectivity index (χ1v) is 5.36. The van der Waals surface area contributed by atoms with Gasteiger partial charge < -0.3 is 5.73 Å². The second kappa shape index (κ2) is 3.09. The third kappa shape index (κ3) is 1.36. The van der Waals surface area contributed by atoms with Gasteiger partial charge >= 0.3 is 0 Å². The van der Waals surface area contributed by atoms with Gasteiger partial charge in [0.1, 0.15) is 0 Å². The number of hydrogen-bond donors (Lipinski definition) is 1. The summed E-state index contributed by atoms with van der Waals surface area (Å²) >= 11 is 0. The molecule has 0 spiro atoms. The third-order valence-corrected chi connectivity index (χ3v) is 3.70. The van der Waals surface area contributed by atoms with E-state index in [1.165, 1.54) is 23.1 Å². The Morgan fingerprint density at radius 1 is 1.43 bits per heavy atom. The van der Waals surface area contributed by atoms with Crippen molar-refractivity contribution in [3.05, 3.63) is 34.9 Å². The minimum Gasteiger partial charge on any atom is -0.330 e. The summed E-state index contributed by atoms with van der Waals surface area (Å²) in [5.41, 5.74) is 10.4. The molecular formula is C13H19N. The summed E-state index contributed by atoms with van der Waals surface area (Å²) in [7, 11) is 0. The second-order valence-electron chi connectivity index (χ2n) is 4.87. The van der Waals surface area contributed by atoms with Crippen LogP contribution >= 0.6 is 0 Å². The lowest BCUT2D eigenvalue weighted by Gasteiger charge is -2.15. The smallest absolute Gasteiger partial charge is 0.00286 e. The highest BCUT2D eigenvalue weighted by molar-refractivity contribution is 5.41. The predicted octanol–water partition coefficient (Wildman–Crippen LogP) is 2.54. The standard InChI is InChI=1S/C13H19N/c1-9-4-5-10(2)12(6-9)13(3)7-11(13)8-14/h4-6,11H,7-8,14H2,1-3H3. The van der Waals surface area contributed by atoms with Crippen LogP contribution < -0.4 is 5.73 Å². The number of rotatable bonds is 2. The van der Waals surface area contributed by atoms with Crippen LogP contribution in [0.3, 0.4) is 0 Å². The van der Waals surface area contributed by atoms with Gasteiger partial charge in [0.15, 0.2) is 0 Å². The lowest BCUT2D eigenvalue weighted by Crippen LogP contribution is -2.13. The van der Waals surface area contributed by atoms with E-state index in [-0.39, 0.29) is 0 Å². The van der Waals surface area contributed by atoms with Crippen molar-refractivity contribution in [2.24, 2.45) is 11.7 Å². The Hall–Kier alpha value is -0.820. The second-order valence-corrected chi connectivity index (χ2v) is 4.87. The Bertz CT molecular complexity index is 356. The number of aryl methyl sites for hydroxylation is 2. The highest BCUT2D eigenvalue weighted by Crippen LogP contribution is 2.54. The van der Waals surface area contributed by atoms with Crippen LogP contribution in [0.1, 0.15) is 30.0 Å². The summed E-state index contributed by atoms with van der Waals surface area (Å²) in [5.74, 6) is 0.697. The van der Waals surface area contributed by atoms with Crippen LogP contribution in [-0.2, 0) is 5.41 Å². The molecule has 1 heteroatoms. The molecule has 1 nitrogen and oxygen atoms in total. The molecule has 76 valence electrons. The van der Waals surface area contributed by atoms with E-state index in [1.807, 2.05) is 0 Å². The van der Waals surface area contributed by atoms with Crippen LogP contribution in [0, 0.1) is 19.8 Å². The monoisotopic (exact) mass is 189 g/mol. The molecule has 1 aliphatic rings. The average Bonchev–Trinajstić information content (AvgIpc) is 2.83. The predicted molar refractivity (Wildman–Crippen MR) is 60.4 cm³/mol. The normalized spacial score (nSPS) is 30.4. The Kier molecular flexibility index (Phi) is 2.15. The summed E-state index contributed by atoms with van der Waals surface area (Å²) < 4.78 is 0. The topological polar surface area (TPSA) is 26.0 Å². The van der Waals surface area contributed by atoms with Crippen molar-refractivity contribution in [3.63, 3.8) is 0 Å². The minimum atomic E-state index is 0.366. The molecule has 0 bridgehead atoms. The molecule has 0 heterocycles. The summed E-state index contributed by atoms with van der Waals surface area (Å²) in [4.78, 5) is 0. The lowest BCUT2D eigenvalue weighted by molar-refractivity contribution is 0.661. The van der Waals surface area contributed by atoms with Crippen LogP contribution in [0.25, 0.3) is 0 Å². The maximum atomic E-state index is 5.73. The van der Waals surface area contributed by atoms with Crippen molar-refractivity contribution >= 4 is 0 Å². The number of benzene rings is 1. The van der Waals surface area contributed by atoms with Gasteiger partial charge in [-0.25, -0.2) is 0 Å². The van der Waals surface area contributed by atoms with E-state index in [9.17, 15) is 0 Å². The zero-order valence-electron chi connectivity index (χ0n) is 9.30. The molecule has 0 saturated heterocycles. The van der Waals surface area contributed by atoms with E-state index >= 15 is 0 Å². The van der Waals surface area contributed by atoms with Gasteiger partial charge in [-0.1, -0.05) is 30.7 Å². The first-order chi connectivity index (χ1) is 6.58. The fourth-order valence-corrected chi connectivity index (χ4v) is 2.48. The summed E-state index contributed by atoms with van der Waals surface area (Å²) in [6, 6.07) is 6.73. The Morgan fingerprint density at radius 2 is 2.14 bits per heavy atom. The molecular weight excluding hydrogens is 170 g/mol. The largest absolute Gasteiger partial charge is 0.330 e. The first-order valence-electron chi connectivity index (χ1n) is 5.36. The average molecular weight is 189 g/mol. The molecule has 2 N–H and O–H groups in total. The van der Waals surface area contributed by atoms with E-state index in [4.69, 9.17) is 5.73 Å². The number of nitrogens with two attached hydrogens (primary N) is 1. The minimum absolute atomic E-state index is 0.366. The van der Waals surface area contributed by atoms with E-state index in [0.717, 1.165) is 6.54 Å². The van der Waals surface area contributed by atoms with E-state index in [2.05, 4.69) is 39.0 Å². The SMILES string of the molecule is Cc1ccc(C)c(C2(C)CC2CN)c1. The van der Waals surface area contributed by atoms with Crippen LogP contribution in [-0.4, -0.2) is 6.54 Å². The zero-order chi connectivity index (χ0) is 10.3. The Labute approximate surface area is 86.3 Å². The van der Waals surface area contributed by atoms with Crippen molar-refractivity contribution in [1.82, 2.24) is 0 Å². The molecule has 1 aromatic rings. The van der Waals surface area contributed by atoms with E-state index in [1.54, 1.807) is 0 Å². The van der Waals surface area contributed by atoms with Crippen LogP contribution in [0.2, 0.25) is 0 Å². The molecule has 14 heavy (non-hydrogen) atoms. The van der Waals surface area contributed by atoms with Gasteiger partial charge in [0.05, 0.1) is 0 Å². The molecule has 1 aromatic carbocycles. The summed E-state index contributed by atoms with van der Waals surface area (Å²) in [5, 5.41) is 0. The van der Waals surface area contributed by atoms with Gasteiger partial charge in [-0.3, -0.25) is 0 Å². The maximum Gasteiger partial charge on any atom is -0.00286 e. The maximum absolute atomic E-state index is 5.73. The Balaban J connectivity index is 2.38. The van der Waals surface area contributed by atoms with Crippen molar-refractivity contribution in [2.45, 2.75) is 32.6 Å². The molecule has 2 atom stereocenters. The number of hydrogen-bond acceptors (Lipinski definition) is 1. The molecule has 0 aliphatic heterocycles. The van der Waals surface area contributed by atoms with Gasteiger partial charge in [-0.05, 0) is 49.3 Å². The van der Waals surface area contributed by atoms with Crippen LogP contribution in [0.4, 0.5) is 0 Å². The highest BCUT2D eigenvalue weighted by Gasteiger charge is 2.50. The van der Waals surface area contributed by atoms with Crippen LogP contribution in [0.15, 0.2) is 18.2 Å². The van der Waals surface area contributed by atoms with Crippen molar-refractivity contribution in [3.8, 4) is 0 Å². The van der Waals surface area contributed by atoms with Gasteiger partial charge in [0, 0.05) is 0 Å².